The Bertz CT molecular complexity index is 422. The van der Waals surface area contributed by atoms with Gasteiger partial charge in [0.2, 0.25) is 0 Å². The Morgan fingerprint density at radius 1 is 1.50 bits per heavy atom. The van der Waals surface area contributed by atoms with Gasteiger partial charge in [-0.2, -0.15) is 0 Å². The SMILES string of the molecule is CCNC1COCC1C(=O)Cc1cccc(Cl)c1. The van der Waals surface area contributed by atoms with Crippen LogP contribution in [0.1, 0.15) is 12.5 Å². The summed E-state index contributed by atoms with van der Waals surface area (Å²) in [5.74, 6) is 0.185. The van der Waals surface area contributed by atoms with Crippen LogP contribution in [0.25, 0.3) is 0 Å². The Kier molecular flexibility index (Phi) is 4.75. The van der Waals surface area contributed by atoms with Crippen molar-refractivity contribution in [3.8, 4) is 0 Å². The lowest BCUT2D eigenvalue weighted by Crippen LogP contribution is -2.39. The first-order valence-electron chi connectivity index (χ1n) is 6.29. The maximum Gasteiger partial charge on any atom is 0.144 e. The largest absolute Gasteiger partial charge is 0.379 e. The van der Waals surface area contributed by atoms with E-state index in [0.717, 1.165) is 12.1 Å². The number of carbonyl (C=O) groups excluding carboxylic acids is 1. The van der Waals surface area contributed by atoms with Gasteiger partial charge in [0, 0.05) is 17.5 Å². The van der Waals surface area contributed by atoms with E-state index in [1.807, 2.05) is 31.2 Å². The zero-order chi connectivity index (χ0) is 13.0. The molecule has 0 aliphatic carbocycles. The highest BCUT2D eigenvalue weighted by molar-refractivity contribution is 6.30. The molecule has 1 saturated heterocycles. The number of hydrogen-bond acceptors (Lipinski definition) is 3. The van der Waals surface area contributed by atoms with Crippen molar-refractivity contribution < 1.29 is 9.53 Å². The van der Waals surface area contributed by atoms with E-state index >= 15 is 0 Å². The number of ether oxygens (including phenoxy) is 1. The fourth-order valence-electron chi connectivity index (χ4n) is 2.31. The van der Waals surface area contributed by atoms with Crippen LogP contribution < -0.4 is 5.32 Å². The fraction of sp³-hybridized carbons (Fsp3) is 0.500. The second-order valence-electron chi connectivity index (χ2n) is 4.58. The molecule has 0 spiro atoms. The monoisotopic (exact) mass is 267 g/mol. The van der Waals surface area contributed by atoms with Gasteiger partial charge in [-0.1, -0.05) is 30.7 Å². The van der Waals surface area contributed by atoms with Crippen molar-refractivity contribution in [2.45, 2.75) is 19.4 Å². The third-order valence-corrected chi connectivity index (χ3v) is 3.46. The van der Waals surface area contributed by atoms with Crippen LogP contribution in [0, 0.1) is 5.92 Å². The Hall–Kier alpha value is -0.900. The van der Waals surface area contributed by atoms with Crippen molar-refractivity contribution >= 4 is 17.4 Å². The molecule has 18 heavy (non-hydrogen) atoms. The van der Waals surface area contributed by atoms with Crippen LogP contribution >= 0.6 is 11.6 Å². The van der Waals surface area contributed by atoms with Crippen LogP contribution in [0.4, 0.5) is 0 Å². The molecular formula is C14H18ClNO2. The number of halogens is 1. The number of nitrogens with one attached hydrogen (secondary N) is 1. The number of benzene rings is 1. The smallest absolute Gasteiger partial charge is 0.144 e. The van der Waals surface area contributed by atoms with Gasteiger partial charge in [-0.25, -0.2) is 0 Å². The van der Waals surface area contributed by atoms with E-state index in [0.29, 0.717) is 24.7 Å². The predicted molar refractivity (Wildman–Crippen MR) is 71.9 cm³/mol. The summed E-state index contributed by atoms with van der Waals surface area (Å²) in [5, 5.41) is 3.97. The Labute approximate surface area is 112 Å². The quantitative estimate of drug-likeness (QED) is 0.888. The molecule has 2 unspecified atom stereocenters. The summed E-state index contributed by atoms with van der Waals surface area (Å²) >= 11 is 5.92. The molecule has 0 saturated carbocycles. The zero-order valence-electron chi connectivity index (χ0n) is 10.5. The van der Waals surface area contributed by atoms with E-state index in [9.17, 15) is 4.79 Å². The number of carbonyl (C=O) groups is 1. The summed E-state index contributed by atoms with van der Waals surface area (Å²) in [5.41, 5.74) is 0.967. The molecule has 3 nitrogen and oxygen atoms in total. The zero-order valence-corrected chi connectivity index (χ0v) is 11.2. The van der Waals surface area contributed by atoms with Gasteiger partial charge in [-0.15, -0.1) is 0 Å². The van der Waals surface area contributed by atoms with Crippen LogP contribution in [0.5, 0.6) is 0 Å². The first kappa shape index (κ1) is 13.5. The van der Waals surface area contributed by atoms with Gasteiger partial charge in [0.1, 0.15) is 5.78 Å². The van der Waals surface area contributed by atoms with Crippen LogP contribution in [0.3, 0.4) is 0 Å². The second-order valence-corrected chi connectivity index (χ2v) is 5.02. The lowest BCUT2D eigenvalue weighted by molar-refractivity contribution is -0.122. The van der Waals surface area contributed by atoms with Crippen LogP contribution in [0.15, 0.2) is 24.3 Å². The van der Waals surface area contributed by atoms with E-state index in [1.54, 1.807) is 0 Å². The fourth-order valence-corrected chi connectivity index (χ4v) is 2.53. The third-order valence-electron chi connectivity index (χ3n) is 3.23. The van der Waals surface area contributed by atoms with E-state index in [4.69, 9.17) is 16.3 Å². The molecule has 0 radical (unpaired) electrons. The average Bonchev–Trinajstić information content (AvgIpc) is 2.78. The molecule has 1 aliphatic heterocycles. The number of ketones is 1. The van der Waals surface area contributed by atoms with Gasteiger partial charge < -0.3 is 10.1 Å². The average molecular weight is 268 g/mol. The van der Waals surface area contributed by atoms with Crippen LogP contribution in [0.2, 0.25) is 5.02 Å². The van der Waals surface area contributed by atoms with Crippen molar-refractivity contribution in [3.63, 3.8) is 0 Å². The molecule has 1 aliphatic rings. The van der Waals surface area contributed by atoms with Crippen molar-refractivity contribution in [1.29, 1.82) is 0 Å². The molecule has 1 aromatic carbocycles. The molecule has 0 aromatic heterocycles. The molecule has 2 rings (SSSR count). The minimum absolute atomic E-state index is 0.0380. The summed E-state index contributed by atoms with van der Waals surface area (Å²) in [6.45, 7) is 4.04. The molecule has 98 valence electrons. The first-order chi connectivity index (χ1) is 8.70. The summed E-state index contributed by atoms with van der Waals surface area (Å²) in [4.78, 5) is 12.2. The molecule has 1 aromatic rings. The Morgan fingerprint density at radius 2 is 2.33 bits per heavy atom. The topological polar surface area (TPSA) is 38.3 Å². The normalized spacial score (nSPS) is 23.2. The van der Waals surface area contributed by atoms with E-state index in [2.05, 4.69) is 5.32 Å². The van der Waals surface area contributed by atoms with Gasteiger partial charge in [0.25, 0.3) is 0 Å². The van der Waals surface area contributed by atoms with Gasteiger partial charge >= 0.3 is 0 Å². The second kappa shape index (κ2) is 6.32. The van der Waals surface area contributed by atoms with Crippen molar-refractivity contribution in [2.24, 2.45) is 5.92 Å². The van der Waals surface area contributed by atoms with Crippen molar-refractivity contribution in [3.05, 3.63) is 34.9 Å². The summed E-state index contributed by atoms with van der Waals surface area (Å²) < 4.78 is 5.40. The molecular weight excluding hydrogens is 250 g/mol. The van der Waals surface area contributed by atoms with Crippen LogP contribution in [-0.4, -0.2) is 31.6 Å². The predicted octanol–water partition coefficient (Wildman–Crippen LogP) is 2.08. The van der Waals surface area contributed by atoms with Crippen molar-refractivity contribution in [1.82, 2.24) is 5.32 Å². The lowest BCUT2D eigenvalue weighted by Gasteiger charge is -2.17. The molecule has 0 amide bonds. The highest BCUT2D eigenvalue weighted by Crippen LogP contribution is 2.18. The Balaban J connectivity index is 1.99. The van der Waals surface area contributed by atoms with E-state index in [-0.39, 0.29) is 17.7 Å². The van der Waals surface area contributed by atoms with Crippen LogP contribution in [-0.2, 0) is 16.0 Å². The summed E-state index contributed by atoms with van der Waals surface area (Å²) in [7, 11) is 0. The molecule has 1 N–H and O–H groups in total. The minimum Gasteiger partial charge on any atom is -0.379 e. The number of hydrogen-bond donors (Lipinski definition) is 1. The maximum absolute atomic E-state index is 12.2. The standard InChI is InChI=1S/C14H18ClNO2/c1-2-16-13-9-18-8-12(13)14(17)7-10-4-3-5-11(15)6-10/h3-6,12-13,16H,2,7-9H2,1H3. The molecule has 4 heteroatoms. The lowest BCUT2D eigenvalue weighted by atomic mass is 9.94. The number of Topliss-reactive ketones (excluding diaryl/α,β-unsaturated/α-hetero) is 1. The minimum atomic E-state index is -0.0380. The highest BCUT2D eigenvalue weighted by Gasteiger charge is 2.32. The van der Waals surface area contributed by atoms with E-state index in [1.165, 1.54) is 0 Å². The third kappa shape index (κ3) is 3.31. The number of rotatable bonds is 5. The summed E-state index contributed by atoms with van der Waals surface area (Å²) in [6, 6.07) is 7.62. The van der Waals surface area contributed by atoms with Crippen molar-refractivity contribution in [2.75, 3.05) is 19.8 Å². The highest BCUT2D eigenvalue weighted by atomic mass is 35.5. The molecule has 1 fully saturated rings. The molecule has 0 bridgehead atoms. The van der Waals surface area contributed by atoms with Gasteiger partial charge in [0.05, 0.1) is 19.1 Å². The maximum atomic E-state index is 12.2. The van der Waals surface area contributed by atoms with E-state index < -0.39 is 0 Å². The van der Waals surface area contributed by atoms with Gasteiger partial charge in [-0.3, -0.25) is 4.79 Å². The van der Waals surface area contributed by atoms with Gasteiger partial charge in [-0.05, 0) is 24.2 Å². The molecule has 2 atom stereocenters. The van der Waals surface area contributed by atoms with Gasteiger partial charge in [0.15, 0.2) is 0 Å². The number of likely N-dealkylation sites (N-methyl/N-ethyl adjacent to an activating group) is 1. The summed E-state index contributed by atoms with van der Waals surface area (Å²) in [6.07, 6.45) is 0.427. The first-order valence-corrected chi connectivity index (χ1v) is 6.66. The molecule has 1 heterocycles. The Morgan fingerprint density at radius 3 is 3.06 bits per heavy atom.